The summed E-state index contributed by atoms with van der Waals surface area (Å²) in [6, 6.07) is 0.889. The lowest BCUT2D eigenvalue weighted by Gasteiger charge is -2.30. The smallest absolute Gasteiger partial charge is 0.475 e. The van der Waals surface area contributed by atoms with Gasteiger partial charge in [0.05, 0.1) is 0 Å². The molecule has 26 heavy (non-hydrogen) atoms. The number of carboxylic acids is 1. The quantitative estimate of drug-likeness (QED) is 0.757. The Morgan fingerprint density at radius 1 is 1.27 bits per heavy atom. The van der Waals surface area contributed by atoms with Crippen molar-refractivity contribution in [3.8, 4) is 0 Å². The number of ether oxygens (including phenoxy) is 1. The van der Waals surface area contributed by atoms with E-state index in [1.807, 2.05) is 11.0 Å². The predicted octanol–water partition coefficient (Wildman–Crippen LogP) is 1.91. The van der Waals surface area contributed by atoms with E-state index in [9.17, 15) is 18.0 Å². The second-order valence-corrected chi connectivity index (χ2v) is 6.82. The minimum atomic E-state index is -5.08. The van der Waals surface area contributed by atoms with Crippen molar-refractivity contribution in [3.63, 3.8) is 0 Å². The van der Waals surface area contributed by atoms with Crippen LogP contribution < -0.4 is 0 Å². The van der Waals surface area contributed by atoms with E-state index in [2.05, 4.69) is 11.5 Å². The summed E-state index contributed by atoms with van der Waals surface area (Å²) in [6.45, 7) is 8.60. The van der Waals surface area contributed by atoms with Gasteiger partial charge in [-0.1, -0.05) is 6.08 Å². The molecule has 0 aromatic heterocycles. The first-order valence-corrected chi connectivity index (χ1v) is 8.76. The third-order valence-corrected chi connectivity index (χ3v) is 5.13. The van der Waals surface area contributed by atoms with E-state index in [1.165, 1.54) is 12.8 Å². The highest BCUT2D eigenvalue weighted by Crippen LogP contribution is 2.33. The van der Waals surface area contributed by atoms with E-state index >= 15 is 0 Å². The zero-order valence-corrected chi connectivity index (χ0v) is 14.6. The molecule has 9 heteroatoms. The molecule has 0 aromatic rings. The van der Waals surface area contributed by atoms with Crippen LogP contribution in [0.1, 0.15) is 25.7 Å². The summed E-state index contributed by atoms with van der Waals surface area (Å²) in [5.74, 6) is -1.69. The van der Waals surface area contributed by atoms with Gasteiger partial charge in [0.2, 0.25) is 5.91 Å². The van der Waals surface area contributed by atoms with Gasteiger partial charge < -0.3 is 14.7 Å². The van der Waals surface area contributed by atoms with Gasteiger partial charge in [-0.05, 0) is 25.2 Å². The van der Waals surface area contributed by atoms with Crippen LogP contribution in [0.25, 0.3) is 0 Å². The fourth-order valence-electron chi connectivity index (χ4n) is 3.87. The summed E-state index contributed by atoms with van der Waals surface area (Å²) in [5.41, 5.74) is 0. The van der Waals surface area contributed by atoms with Crippen LogP contribution in [0.2, 0.25) is 0 Å². The summed E-state index contributed by atoms with van der Waals surface area (Å²) in [7, 11) is 0. The maximum Gasteiger partial charge on any atom is 0.490 e. The van der Waals surface area contributed by atoms with Crippen molar-refractivity contribution in [2.45, 2.75) is 43.9 Å². The average Bonchev–Trinajstić information content (AvgIpc) is 3.09. The molecule has 6 nitrogen and oxygen atoms in total. The minimum Gasteiger partial charge on any atom is -0.475 e. The summed E-state index contributed by atoms with van der Waals surface area (Å²) in [4.78, 5) is 25.5. The molecule has 1 amide bonds. The Labute approximate surface area is 150 Å². The van der Waals surface area contributed by atoms with Crippen LogP contribution in [0.4, 0.5) is 13.2 Å². The third kappa shape index (κ3) is 5.20. The van der Waals surface area contributed by atoms with Crippen molar-refractivity contribution in [2.75, 3.05) is 32.8 Å². The van der Waals surface area contributed by atoms with Gasteiger partial charge in [0.15, 0.2) is 0 Å². The van der Waals surface area contributed by atoms with E-state index in [4.69, 9.17) is 14.6 Å². The molecular formula is C17H25F3N2O4. The van der Waals surface area contributed by atoms with Crippen LogP contribution in [0.3, 0.4) is 0 Å². The molecule has 3 aliphatic rings. The summed E-state index contributed by atoms with van der Waals surface area (Å²) < 4.78 is 37.2. The molecule has 148 valence electrons. The minimum absolute atomic E-state index is 0.312. The highest BCUT2D eigenvalue weighted by molar-refractivity contribution is 5.80. The number of rotatable bonds is 4. The van der Waals surface area contributed by atoms with Crippen molar-refractivity contribution in [3.05, 3.63) is 12.7 Å². The molecule has 3 fully saturated rings. The number of fused-ring (bicyclic) bond motifs is 1. The zero-order valence-electron chi connectivity index (χ0n) is 14.6. The second kappa shape index (κ2) is 8.85. The van der Waals surface area contributed by atoms with Crippen LogP contribution in [0.15, 0.2) is 12.7 Å². The normalized spacial score (nSPS) is 27.0. The topological polar surface area (TPSA) is 70.1 Å². The number of nitrogens with zero attached hydrogens (tertiary/aromatic N) is 2. The number of alkyl halides is 3. The van der Waals surface area contributed by atoms with E-state index in [1.54, 1.807) is 0 Å². The average molecular weight is 378 g/mol. The molecular weight excluding hydrogens is 353 g/mol. The van der Waals surface area contributed by atoms with E-state index in [0.717, 1.165) is 38.6 Å². The molecule has 0 bridgehead atoms. The molecule has 0 aliphatic carbocycles. The van der Waals surface area contributed by atoms with Gasteiger partial charge >= 0.3 is 12.1 Å². The van der Waals surface area contributed by atoms with E-state index < -0.39 is 12.1 Å². The molecule has 3 saturated heterocycles. The van der Waals surface area contributed by atoms with Gasteiger partial charge in [0.25, 0.3) is 0 Å². The Balaban J connectivity index is 0.000000298. The number of amides is 1. The van der Waals surface area contributed by atoms with Crippen molar-refractivity contribution < 1.29 is 32.6 Å². The monoisotopic (exact) mass is 378 g/mol. The molecule has 3 aliphatic heterocycles. The molecule has 0 radical (unpaired) electrons. The number of hydrogen-bond donors (Lipinski definition) is 1. The van der Waals surface area contributed by atoms with Crippen LogP contribution in [-0.2, 0) is 14.3 Å². The SMILES string of the molecule is C=CCN1C(=O)C[C@@H]2[C@@H]1CCN2CC1CCOCC1.O=C(O)C(F)(F)F. The molecule has 0 spiro atoms. The summed E-state index contributed by atoms with van der Waals surface area (Å²) in [6.07, 6.45) is 0.965. The fourth-order valence-corrected chi connectivity index (χ4v) is 3.87. The molecule has 2 atom stereocenters. The zero-order chi connectivity index (χ0) is 19.3. The third-order valence-electron chi connectivity index (χ3n) is 5.13. The predicted molar refractivity (Wildman–Crippen MR) is 87.5 cm³/mol. The van der Waals surface area contributed by atoms with Crippen molar-refractivity contribution in [1.29, 1.82) is 0 Å². The largest absolute Gasteiger partial charge is 0.490 e. The van der Waals surface area contributed by atoms with E-state index in [0.29, 0.717) is 31.0 Å². The number of carbonyl (C=O) groups is 2. The van der Waals surface area contributed by atoms with Gasteiger partial charge in [0, 0.05) is 51.4 Å². The second-order valence-electron chi connectivity index (χ2n) is 6.82. The van der Waals surface area contributed by atoms with Crippen LogP contribution in [-0.4, -0.2) is 77.9 Å². The highest BCUT2D eigenvalue weighted by Gasteiger charge is 2.46. The van der Waals surface area contributed by atoms with Crippen LogP contribution in [0, 0.1) is 5.92 Å². The molecule has 0 aromatic carbocycles. The molecule has 3 rings (SSSR count). The number of hydrogen-bond acceptors (Lipinski definition) is 4. The van der Waals surface area contributed by atoms with Crippen LogP contribution >= 0.6 is 0 Å². The van der Waals surface area contributed by atoms with Gasteiger partial charge in [-0.2, -0.15) is 13.2 Å². The van der Waals surface area contributed by atoms with Gasteiger partial charge in [-0.3, -0.25) is 9.69 Å². The first kappa shape index (κ1) is 20.7. The van der Waals surface area contributed by atoms with Gasteiger partial charge in [-0.25, -0.2) is 4.79 Å². The van der Waals surface area contributed by atoms with Crippen molar-refractivity contribution in [2.24, 2.45) is 5.92 Å². The van der Waals surface area contributed by atoms with Crippen molar-refractivity contribution >= 4 is 11.9 Å². The number of aliphatic carboxylic acids is 1. The lowest BCUT2D eigenvalue weighted by atomic mass is 9.99. The van der Waals surface area contributed by atoms with E-state index in [-0.39, 0.29) is 0 Å². The Morgan fingerprint density at radius 3 is 2.42 bits per heavy atom. The molecule has 0 saturated carbocycles. The number of halogens is 3. The summed E-state index contributed by atoms with van der Waals surface area (Å²) >= 11 is 0. The van der Waals surface area contributed by atoms with Crippen LogP contribution in [0.5, 0.6) is 0 Å². The Bertz CT molecular complexity index is 521. The first-order chi connectivity index (χ1) is 12.2. The fraction of sp³-hybridized carbons (Fsp3) is 0.765. The molecule has 3 heterocycles. The first-order valence-electron chi connectivity index (χ1n) is 8.76. The number of carbonyl (C=O) groups excluding carboxylic acids is 1. The van der Waals surface area contributed by atoms with Crippen molar-refractivity contribution in [1.82, 2.24) is 9.80 Å². The van der Waals surface area contributed by atoms with Gasteiger partial charge in [-0.15, -0.1) is 6.58 Å². The molecule has 1 N–H and O–H groups in total. The maximum atomic E-state index is 12.0. The van der Waals surface area contributed by atoms with Gasteiger partial charge in [0.1, 0.15) is 0 Å². The Morgan fingerprint density at radius 2 is 1.88 bits per heavy atom. The number of carboxylic acid groups (broad SMARTS) is 1. The number of likely N-dealkylation sites (tertiary alicyclic amines) is 2. The standard InChI is InChI=1S/C15H24N2O2.C2HF3O2/c1-2-6-17-13-3-7-16(14(13)10-15(17)18)11-12-4-8-19-9-5-12;3-2(4,5)1(6)7/h2,12-14H,1,3-11H2;(H,6,7)/t13-,14+;/m0./s1. The Kier molecular flexibility index (Phi) is 7.05. The highest BCUT2D eigenvalue weighted by atomic mass is 19.4. The lowest BCUT2D eigenvalue weighted by Crippen LogP contribution is -2.39. The lowest BCUT2D eigenvalue weighted by molar-refractivity contribution is -0.192. The maximum absolute atomic E-state index is 12.0. The molecule has 0 unspecified atom stereocenters. The Hall–Kier alpha value is -1.61. The summed E-state index contributed by atoms with van der Waals surface area (Å²) in [5, 5.41) is 7.12.